The van der Waals surface area contributed by atoms with Crippen molar-refractivity contribution in [1.29, 1.82) is 0 Å². The molecule has 0 heterocycles. The Morgan fingerprint density at radius 3 is 2.08 bits per heavy atom. The van der Waals surface area contributed by atoms with E-state index in [1.807, 2.05) is 13.8 Å². The Morgan fingerprint density at radius 1 is 1.31 bits per heavy atom. The highest BCUT2D eigenvalue weighted by Crippen LogP contribution is 2.17. The molecule has 0 rings (SSSR count). The molecule has 0 aliphatic rings. The van der Waals surface area contributed by atoms with E-state index in [0.29, 0.717) is 5.57 Å². The number of carboxylic acid groups (broad SMARTS) is 1. The SMILES string of the molecule is CC(=CC(C)C(C)C(C)O)C(=O)O. The Bertz CT molecular complexity index is 206. The lowest BCUT2D eigenvalue weighted by atomic mass is 9.90. The van der Waals surface area contributed by atoms with E-state index in [9.17, 15) is 9.90 Å². The minimum absolute atomic E-state index is 0.0781. The fourth-order valence-corrected chi connectivity index (χ4v) is 1.06. The van der Waals surface area contributed by atoms with Gasteiger partial charge < -0.3 is 10.2 Å². The molecule has 0 saturated carbocycles. The molecule has 76 valence electrons. The average molecular weight is 186 g/mol. The minimum Gasteiger partial charge on any atom is -0.478 e. The van der Waals surface area contributed by atoms with Gasteiger partial charge in [-0.1, -0.05) is 19.9 Å². The number of aliphatic hydroxyl groups excluding tert-OH is 1. The van der Waals surface area contributed by atoms with E-state index < -0.39 is 12.1 Å². The number of hydrogen-bond donors (Lipinski definition) is 2. The molecule has 3 heteroatoms. The molecule has 3 atom stereocenters. The van der Waals surface area contributed by atoms with Crippen LogP contribution in [-0.4, -0.2) is 22.3 Å². The van der Waals surface area contributed by atoms with Crippen molar-refractivity contribution < 1.29 is 15.0 Å². The van der Waals surface area contributed by atoms with Crippen LogP contribution in [0.25, 0.3) is 0 Å². The highest BCUT2D eigenvalue weighted by Gasteiger charge is 2.16. The molecule has 0 aromatic carbocycles. The van der Waals surface area contributed by atoms with Crippen LogP contribution >= 0.6 is 0 Å². The second-order valence-corrected chi connectivity index (χ2v) is 3.61. The van der Waals surface area contributed by atoms with Crippen LogP contribution in [0.1, 0.15) is 27.7 Å². The summed E-state index contributed by atoms with van der Waals surface area (Å²) in [6, 6.07) is 0. The lowest BCUT2D eigenvalue weighted by molar-refractivity contribution is -0.132. The summed E-state index contributed by atoms with van der Waals surface area (Å²) in [5, 5.41) is 17.9. The first-order valence-electron chi connectivity index (χ1n) is 4.46. The van der Waals surface area contributed by atoms with Crippen molar-refractivity contribution in [1.82, 2.24) is 0 Å². The van der Waals surface area contributed by atoms with Crippen molar-refractivity contribution in [2.75, 3.05) is 0 Å². The summed E-state index contributed by atoms with van der Waals surface area (Å²) < 4.78 is 0. The molecule has 0 aliphatic carbocycles. The van der Waals surface area contributed by atoms with Gasteiger partial charge in [0.1, 0.15) is 0 Å². The molecule has 0 saturated heterocycles. The van der Waals surface area contributed by atoms with E-state index in [-0.39, 0.29) is 11.8 Å². The van der Waals surface area contributed by atoms with E-state index in [0.717, 1.165) is 0 Å². The predicted molar refractivity (Wildman–Crippen MR) is 51.4 cm³/mol. The molecule has 3 nitrogen and oxygen atoms in total. The summed E-state index contributed by atoms with van der Waals surface area (Å²) >= 11 is 0. The maximum atomic E-state index is 10.5. The minimum atomic E-state index is -0.898. The fraction of sp³-hybridized carbons (Fsp3) is 0.700. The normalized spacial score (nSPS) is 19.3. The predicted octanol–water partition coefficient (Wildman–Crippen LogP) is 1.67. The smallest absolute Gasteiger partial charge is 0.330 e. The third kappa shape index (κ3) is 4.08. The Balaban J connectivity index is 4.36. The summed E-state index contributed by atoms with van der Waals surface area (Å²) in [5.41, 5.74) is 0.333. The van der Waals surface area contributed by atoms with E-state index in [1.165, 1.54) is 0 Å². The first kappa shape index (κ1) is 12.2. The van der Waals surface area contributed by atoms with Crippen molar-refractivity contribution in [2.45, 2.75) is 33.8 Å². The van der Waals surface area contributed by atoms with E-state index in [1.54, 1.807) is 19.9 Å². The van der Waals surface area contributed by atoms with Crippen LogP contribution in [0, 0.1) is 11.8 Å². The van der Waals surface area contributed by atoms with E-state index in [4.69, 9.17) is 5.11 Å². The molecule has 0 aromatic rings. The van der Waals surface area contributed by atoms with Crippen LogP contribution in [0.5, 0.6) is 0 Å². The van der Waals surface area contributed by atoms with Crippen molar-refractivity contribution in [3.8, 4) is 0 Å². The summed E-state index contributed by atoms with van der Waals surface area (Å²) in [6.45, 7) is 7.09. The standard InChI is InChI=1S/C10H18O3/c1-6(8(3)9(4)11)5-7(2)10(12)13/h5-6,8-9,11H,1-4H3,(H,12,13). The van der Waals surface area contributed by atoms with Gasteiger partial charge in [0, 0.05) is 5.57 Å². The van der Waals surface area contributed by atoms with Gasteiger partial charge in [-0.15, -0.1) is 0 Å². The van der Waals surface area contributed by atoms with Crippen LogP contribution in [0.3, 0.4) is 0 Å². The molecule has 0 radical (unpaired) electrons. The van der Waals surface area contributed by atoms with Crippen LogP contribution in [0.4, 0.5) is 0 Å². The maximum absolute atomic E-state index is 10.5. The second-order valence-electron chi connectivity index (χ2n) is 3.61. The lowest BCUT2D eigenvalue weighted by Crippen LogP contribution is -2.20. The molecule has 0 bridgehead atoms. The monoisotopic (exact) mass is 186 g/mol. The molecular formula is C10H18O3. The Morgan fingerprint density at radius 2 is 1.77 bits per heavy atom. The van der Waals surface area contributed by atoms with Gasteiger partial charge in [0.15, 0.2) is 0 Å². The van der Waals surface area contributed by atoms with Gasteiger partial charge in [-0.2, -0.15) is 0 Å². The molecule has 0 aromatic heterocycles. The van der Waals surface area contributed by atoms with Crippen molar-refractivity contribution in [3.05, 3.63) is 11.6 Å². The summed E-state index contributed by atoms with van der Waals surface area (Å²) in [4.78, 5) is 10.5. The Kier molecular flexibility index (Phi) is 4.70. The maximum Gasteiger partial charge on any atom is 0.330 e. The summed E-state index contributed by atoms with van der Waals surface area (Å²) in [6.07, 6.45) is 1.27. The van der Waals surface area contributed by atoms with Crippen LogP contribution in [-0.2, 0) is 4.79 Å². The molecule has 0 spiro atoms. The number of allylic oxidation sites excluding steroid dienone is 1. The number of aliphatic hydroxyl groups is 1. The summed E-state index contributed by atoms with van der Waals surface area (Å²) in [5.74, 6) is -0.741. The Labute approximate surface area is 79.1 Å². The Hall–Kier alpha value is -0.830. The molecule has 2 N–H and O–H groups in total. The molecule has 13 heavy (non-hydrogen) atoms. The number of carbonyl (C=O) groups is 1. The number of aliphatic carboxylic acids is 1. The first-order chi connectivity index (χ1) is 5.86. The molecule has 0 aliphatic heterocycles. The van der Waals surface area contributed by atoms with Crippen molar-refractivity contribution in [3.63, 3.8) is 0 Å². The quantitative estimate of drug-likeness (QED) is 0.656. The van der Waals surface area contributed by atoms with Crippen molar-refractivity contribution >= 4 is 5.97 Å². The van der Waals surface area contributed by atoms with Crippen LogP contribution in [0.2, 0.25) is 0 Å². The van der Waals surface area contributed by atoms with Crippen molar-refractivity contribution in [2.24, 2.45) is 11.8 Å². The molecule has 3 unspecified atom stereocenters. The van der Waals surface area contributed by atoms with Gasteiger partial charge in [-0.05, 0) is 25.7 Å². The summed E-state index contributed by atoms with van der Waals surface area (Å²) in [7, 11) is 0. The van der Waals surface area contributed by atoms with E-state index in [2.05, 4.69) is 0 Å². The van der Waals surface area contributed by atoms with Gasteiger partial charge in [-0.3, -0.25) is 0 Å². The third-order valence-corrected chi connectivity index (χ3v) is 2.44. The highest BCUT2D eigenvalue weighted by molar-refractivity contribution is 5.85. The molecule has 0 fully saturated rings. The topological polar surface area (TPSA) is 57.5 Å². The molecule has 0 amide bonds. The zero-order chi connectivity index (χ0) is 10.6. The van der Waals surface area contributed by atoms with Crippen LogP contribution < -0.4 is 0 Å². The molecular weight excluding hydrogens is 168 g/mol. The largest absolute Gasteiger partial charge is 0.478 e. The number of hydrogen-bond acceptors (Lipinski definition) is 2. The zero-order valence-corrected chi connectivity index (χ0v) is 8.61. The first-order valence-corrected chi connectivity index (χ1v) is 4.46. The number of rotatable bonds is 4. The van der Waals surface area contributed by atoms with Gasteiger partial charge in [0.05, 0.1) is 6.10 Å². The zero-order valence-electron chi connectivity index (χ0n) is 8.61. The number of carboxylic acids is 1. The second kappa shape index (κ2) is 5.02. The lowest BCUT2D eigenvalue weighted by Gasteiger charge is -2.19. The van der Waals surface area contributed by atoms with Gasteiger partial charge >= 0.3 is 5.97 Å². The fourth-order valence-electron chi connectivity index (χ4n) is 1.06. The highest BCUT2D eigenvalue weighted by atomic mass is 16.4. The third-order valence-electron chi connectivity index (χ3n) is 2.44. The van der Waals surface area contributed by atoms with Gasteiger partial charge in [0.25, 0.3) is 0 Å². The van der Waals surface area contributed by atoms with Crippen LogP contribution in [0.15, 0.2) is 11.6 Å². The average Bonchev–Trinajstić information content (AvgIpc) is 2.02. The van der Waals surface area contributed by atoms with Gasteiger partial charge in [-0.25, -0.2) is 4.79 Å². The van der Waals surface area contributed by atoms with Gasteiger partial charge in [0.2, 0.25) is 0 Å². The van der Waals surface area contributed by atoms with E-state index >= 15 is 0 Å².